The molecule has 3 atom stereocenters. The van der Waals surface area contributed by atoms with Gasteiger partial charge >= 0.3 is 5.97 Å². The van der Waals surface area contributed by atoms with Crippen LogP contribution in [0.3, 0.4) is 0 Å². The Morgan fingerprint density at radius 1 is 1.13 bits per heavy atom. The third-order valence-corrected chi connectivity index (χ3v) is 6.19. The Kier molecular flexibility index (Phi) is 5.66. The molecule has 0 N–H and O–H groups in total. The van der Waals surface area contributed by atoms with E-state index in [1.54, 1.807) is 21.1 Å². The first-order chi connectivity index (χ1) is 14.6. The third kappa shape index (κ3) is 3.40. The molecule has 0 bridgehead atoms. The van der Waals surface area contributed by atoms with Gasteiger partial charge in [-0.25, -0.2) is 0 Å². The predicted molar refractivity (Wildman–Crippen MR) is 112 cm³/mol. The molecule has 0 saturated carbocycles. The van der Waals surface area contributed by atoms with Gasteiger partial charge in [0.15, 0.2) is 0 Å². The number of fused-ring (bicyclic) bond motifs is 3. The maximum Gasteiger partial charge on any atom is 0.319 e. The summed E-state index contributed by atoms with van der Waals surface area (Å²) >= 11 is 0. The van der Waals surface area contributed by atoms with Crippen LogP contribution in [0.2, 0.25) is 0 Å². The van der Waals surface area contributed by atoms with Gasteiger partial charge in [0, 0.05) is 24.1 Å². The minimum absolute atomic E-state index is 0.155. The number of hydrogen-bond acceptors (Lipinski definition) is 5. The fraction of sp³-hybridized carbons (Fsp3) is 0.417. The SMILES string of the molecule is CCOC(=O)[C@@H]1C(=O)N2CCc3cc(OC)cc(OC)c3[C@@H]2C[C@H]1c1ccccc1. The molecule has 2 aliphatic heterocycles. The highest BCUT2D eigenvalue weighted by Gasteiger charge is 2.49. The molecule has 30 heavy (non-hydrogen) atoms. The maximum atomic E-state index is 13.6. The van der Waals surface area contributed by atoms with Gasteiger partial charge in [0.2, 0.25) is 5.91 Å². The zero-order chi connectivity index (χ0) is 21.3. The van der Waals surface area contributed by atoms with E-state index in [0.29, 0.717) is 25.1 Å². The van der Waals surface area contributed by atoms with E-state index in [1.165, 1.54) is 0 Å². The molecule has 0 aliphatic carbocycles. The molecule has 6 heteroatoms. The topological polar surface area (TPSA) is 65.1 Å². The number of methoxy groups -OCH3 is 2. The molecule has 0 aromatic heterocycles. The highest BCUT2D eigenvalue weighted by Crippen LogP contribution is 2.49. The number of esters is 1. The summed E-state index contributed by atoms with van der Waals surface area (Å²) in [7, 11) is 3.27. The van der Waals surface area contributed by atoms with Crippen molar-refractivity contribution in [2.75, 3.05) is 27.4 Å². The van der Waals surface area contributed by atoms with Crippen LogP contribution in [0.5, 0.6) is 11.5 Å². The van der Waals surface area contributed by atoms with Crippen LogP contribution in [0.15, 0.2) is 42.5 Å². The van der Waals surface area contributed by atoms with Crippen LogP contribution in [0.4, 0.5) is 0 Å². The van der Waals surface area contributed by atoms with Crippen LogP contribution in [0, 0.1) is 5.92 Å². The number of carbonyl (C=O) groups is 2. The molecule has 158 valence electrons. The van der Waals surface area contributed by atoms with Gasteiger partial charge in [-0.3, -0.25) is 9.59 Å². The number of benzene rings is 2. The average Bonchev–Trinajstić information content (AvgIpc) is 2.78. The molecule has 1 amide bonds. The van der Waals surface area contributed by atoms with E-state index in [-0.39, 0.29) is 24.5 Å². The molecular weight excluding hydrogens is 382 g/mol. The second-order valence-electron chi connectivity index (χ2n) is 7.68. The number of carbonyl (C=O) groups excluding carboxylic acids is 2. The second kappa shape index (κ2) is 8.38. The smallest absolute Gasteiger partial charge is 0.319 e. The lowest BCUT2D eigenvalue weighted by molar-refractivity contribution is -0.161. The van der Waals surface area contributed by atoms with Crippen LogP contribution in [0.1, 0.15) is 42.0 Å². The van der Waals surface area contributed by atoms with Gasteiger partial charge in [0.25, 0.3) is 0 Å². The summed E-state index contributed by atoms with van der Waals surface area (Å²) < 4.78 is 16.4. The highest BCUT2D eigenvalue weighted by molar-refractivity contribution is 6.00. The van der Waals surface area contributed by atoms with E-state index in [4.69, 9.17) is 14.2 Å². The molecular formula is C24H27NO5. The van der Waals surface area contributed by atoms with Gasteiger partial charge in [-0.1, -0.05) is 30.3 Å². The Morgan fingerprint density at radius 3 is 2.57 bits per heavy atom. The van der Waals surface area contributed by atoms with Crippen LogP contribution in [0.25, 0.3) is 0 Å². The van der Waals surface area contributed by atoms with E-state index in [1.807, 2.05) is 47.4 Å². The number of amides is 1. The predicted octanol–water partition coefficient (Wildman–Crippen LogP) is 3.50. The number of nitrogens with zero attached hydrogens (tertiary/aromatic N) is 1. The van der Waals surface area contributed by atoms with Crippen LogP contribution < -0.4 is 9.47 Å². The van der Waals surface area contributed by atoms with Gasteiger partial charge in [0.1, 0.15) is 17.4 Å². The van der Waals surface area contributed by atoms with Crippen LogP contribution in [-0.4, -0.2) is 44.1 Å². The van der Waals surface area contributed by atoms with Crippen molar-refractivity contribution < 1.29 is 23.8 Å². The van der Waals surface area contributed by atoms with Gasteiger partial charge in [-0.2, -0.15) is 0 Å². The first-order valence-corrected chi connectivity index (χ1v) is 10.4. The Bertz CT molecular complexity index is 925. The lowest BCUT2D eigenvalue weighted by Gasteiger charge is -2.46. The molecule has 1 fully saturated rings. The normalized spacial score (nSPS) is 22.7. The molecule has 2 aromatic carbocycles. The summed E-state index contributed by atoms with van der Waals surface area (Å²) in [6.45, 7) is 2.58. The second-order valence-corrected chi connectivity index (χ2v) is 7.68. The Balaban J connectivity index is 1.80. The van der Waals surface area contributed by atoms with E-state index in [9.17, 15) is 9.59 Å². The van der Waals surface area contributed by atoms with E-state index < -0.39 is 11.9 Å². The number of piperidine rings is 1. The summed E-state index contributed by atoms with van der Waals surface area (Å²) in [5.74, 6) is -0.228. The monoisotopic (exact) mass is 409 g/mol. The van der Waals surface area contributed by atoms with E-state index in [2.05, 4.69) is 0 Å². The van der Waals surface area contributed by atoms with Gasteiger partial charge in [-0.15, -0.1) is 0 Å². The largest absolute Gasteiger partial charge is 0.497 e. The molecule has 2 aliphatic rings. The zero-order valence-electron chi connectivity index (χ0n) is 17.6. The standard InChI is InChI=1S/C24H27NO5/c1-4-30-24(27)22-18(15-8-6-5-7-9-15)14-19-21-16(10-11-25(19)23(22)26)12-17(28-2)13-20(21)29-3/h5-9,12-13,18-19,22H,4,10-11,14H2,1-3H3/t18-,19-,22-/m0/s1. The van der Waals surface area contributed by atoms with Crippen molar-refractivity contribution in [3.63, 3.8) is 0 Å². The third-order valence-electron chi connectivity index (χ3n) is 6.19. The summed E-state index contributed by atoms with van der Waals surface area (Å²) in [6.07, 6.45) is 1.33. The number of ether oxygens (including phenoxy) is 3. The Morgan fingerprint density at radius 2 is 1.90 bits per heavy atom. The minimum atomic E-state index is -0.825. The van der Waals surface area contributed by atoms with Crippen molar-refractivity contribution in [1.29, 1.82) is 0 Å². The van der Waals surface area contributed by atoms with Crippen molar-refractivity contribution in [2.24, 2.45) is 5.92 Å². The maximum absolute atomic E-state index is 13.6. The first-order valence-electron chi connectivity index (χ1n) is 10.4. The Labute approximate surface area is 176 Å². The van der Waals surface area contributed by atoms with Gasteiger partial charge < -0.3 is 19.1 Å². The van der Waals surface area contributed by atoms with Crippen molar-refractivity contribution >= 4 is 11.9 Å². The molecule has 6 nitrogen and oxygen atoms in total. The fourth-order valence-electron chi connectivity index (χ4n) is 4.84. The summed E-state index contributed by atoms with van der Waals surface area (Å²) in [6, 6.07) is 13.5. The van der Waals surface area contributed by atoms with Crippen molar-refractivity contribution in [3.05, 3.63) is 59.2 Å². The molecule has 0 spiro atoms. The summed E-state index contributed by atoms with van der Waals surface area (Å²) in [5, 5.41) is 0. The molecule has 4 rings (SSSR count). The van der Waals surface area contributed by atoms with Gasteiger partial charge in [0.05, 0.1) is 26.9 Å². The fourth-order valence-corrected chi connectivity index (χ4v) is 4.84. The van der Waals surface area contributed by atoms with Crippen LogP contribution in [-0.2, 0) is 20.7 Å². The molecule has 0 radical (unpaired) electrons. The number of rotatable bonds is 5. The van der Waals surface area contributed by atoms with E-state index in [0.717, 1.165) is 22.4 Å². The molecule has 1 saturated heterocycles. The van der Waals surface area contributed by atoms with E-state index >= 15 is 0 Å². The molecule has 0 unspecified atom stereocenters. The number of hydrogen-bond donors (Lipinski definition) is 0. The quantitative estimate of drug-likeness (QED) is 0.559. The van der Waals surface area contributed by atoms with Crippen molar-refractivity contribution in [3.8, 4) is 11.5 Å². The molecule has 2 heterocycles. The van der Waals surface area contributed by atoms with Crippen molar-refractivity contribution in [1.82, 2.24) is 4.90 Å². The summed E-state index contributed by atoms with van der Waals surface area (Å²) in [5.41, 5.74) is 3.12. The van der Waals surface area contributed by atoms with Crippen molar-refractivity contribution in [2.45, 2.75) is 31.7 Å². The molecule has 2 aromatic rings. The van der Waals surface area contributed by atoms with Crippen LogP contribution >= 0.6 is 0 Å². The minimum Gasteiger partial charge on any atom is -0.497 e. The Hall–Kier alpha value is -3.02. The average molecular weight is 409 g/mol. The first kappa shape index (κ1) is 20.3. The summed E-state index contributed by atoms with van der Waals surface area (Å²) in [4.78, 5) is 28.2. The zero-order valence-corrected chi connectivity index (χ0v) is 17.6. The lowest BCUT2D eigenvalue weighted by atomic mass is 9.73. The highest BCUT2D eigenvalue weighted by atomic mass is 16.5. The lowest BCUT2D eigenvalue weighted by Crippen LogP contribution is -2.52. The van der Waals surface area contributed by atoms with Gasteiger partial charge in [-0.05, 0) is 37.0 Å².